The van der Waals surface area contributed by atoms with Gasteiger partial charge in [-0.3, -0.25) is 9.59 Å². The number of carboxylic acid groups (broad SMARTS) is 1. The number of nitrogens with zero attached hydrogens (tertiary/aromatic N) is 1. The van der Waals surface area contributed by atoms with Crippen LogP contribution in [0.4, 0.5) is 5.69 Å². The van der Waals surface area contributed by atoms with E-state index in [-0.39, 0.29) is 5.91 Å². The van der Waals surface area contributed by atoms with Gasteiger partial charge in [0.2, 0.25) is 5.91 Å². The molecule has 144 valence electrons. The molecule has 6 heteroatoms. The second-order valence-corrected chi connectivity index (χ2v) is 8.42. The van der Waals surface area contributed by atoms with Crippen molar-refractivity contribution in [1.29, 1.82) is 0 Å². The smallest absolute Gasteiger partial charge is 0.307 e. The minimum absolute atomic E-state index is 0.199. The number of hydrogen-bond donors (Lipinski definition) is 2. The molecule has 2 N–H and O–H groups in total. The van der Waals surface area contributed by atoms with Crippen molar-refractivity contribution in [2.75, 3.05) is 5.32 Å². The van der Waals surface area contributed by atoms with E-state index in [1.165, 1.54) is 5.56 Å². The molecule has 1 aliphatic rings. The van der Waals surface area contributed by atoms with E-state index in [9.17, 15) is 14.7 Å². The van der Waals surface area contributed by atoms with Crippen LogP contribution in [0.25, 0.3) is 20.8 Å². The van der Waals surface area contributed by atoms with Gasteiger partial charge in [0.1, 0.15) is 5.01 Å². The fraction of sp³-hybridized carbons (Fsp3) is 0.318. The molecular formula is C22H22N2O3S. The topological polar surface area (TPSA) is 79.3 Å². The summed E-state index contributed by atoms with van der Waals surface area (Å²) in [4.78, 5) is 28.7. The number of carbonyl (C=O) groups is 2. The zero-order chi connectivity index (χ0) is 19.7. The lowest BCUT2D eigenvalue weighted by Crippen LogP contribution is -2.36. The second kappa shape index (κ2) is 7.72. The number of carboxylic acids is 1. The Labute approximate surface area is 167 Å². The lowest BCUT2D eigenvalue weighted by atomic mass is 9.78. The number of benzene rings is 2. The molecule has 2 unspecified atom stereocenters. The van der Waals surface area contributed by atoms with E-state index < -0.39 is 17.8 Å². The normalized spacial score (nSPS) is 19.5. The Bertz CT molecular complexity index is 1030. The number of rotatable bonds is 4. The first-order chi connectivity index (χ1) is 13.5. The standard InChI is InChI=1S/C22H22N2O3S/c1-13-6-11-18-19(12-13)28-21(24-18)14-7-9-15(10-8-14)23-20(25)16-4-2-3-5-17(16)22(26)27/h6-12,16-17H,2-5H2,1H3,(H,23,25)(H,26,27). The molecule has 0 bridgehead atoms. The van der Waals surface area contributed by atoms with Gasteiger partial charge in [-0.1, -0.05) is 18.9 Å². The number of nitrogens with one attached hydrogen (secondary N) is 1. The highest BCUT2D eigenvalue weighted by atomic mass is 32.1. The predicted molar refractivity (Wildman–Crippen MR) is 112 cm³/mol. The van der Waals surface area contributed by atoms with Crippen molar-refractivity contribution in [3.8, 4) is 10.6 Å². The molecule has 4 rings (SSSR count). The van der Waals surface area contributed by atoms with Gasteiger partial charge in [0.05, 0.1) is 22.1 Å². The van der Waals surface area contributed by atoms with E-state index in [4.69, 9.17) is 0 Å². The molecule has 0 radical (unpaired) electrons. The molecule has 1 heterocycles. The monoisotopic (exact) mass is 394 g/mol. The Morgan fingerprint density at radius 3 is 2.50 bits per heavy atom. The highest BCUT2D eigenvalue weighted by molar-refractivity contribution is 7.21. The van der Waals surface area contributed by atoms with Gasteiger partial charge < -0.3 is 10.4 Å². The highest BCUT2D eigenvalue weighted by Crippen LogP contribution is 2.33. The van der Waals surface area contributed by atoms with E-state index in [0.29, 0.717) is 18.5 Å². The number of fused-ring (bicyclic) bond motifs is 1. The summed E-state index contributed by atoms with van der Waals surface area (Å²) in [6.07, 6.45) is 2.98. The van der Waals surface area contributed by atoms with Crippen LogP contribution in [0.5, 0.6) is 0 Å². The van der Waals surface area contributed by atoms with Gasteiger partial charge in [0.25, 0.3) is 0 Å². The molecule has 1 aromatic heterocycles. The summed E-state index contributed by atoms with van der Waals surface area (Å²) in [6, 6.07) is 13.8. The maximum Gasteiger partial charge on any atom is 0.307 e. The summed E-state index contributed by atoms with van der Waals surface area (Å²) in [5.74, 6) is -2.12. The minimum atomic E-state index is -0.874. The van der Waals surface area contributed by atoms with Crippen LogP contribution >= 0.6 is 11.3 Å². The number of anilines is 1. The number of hydrogen-bond acceptors (Lipinski definition) is 4. The molecule has 1 aliphatic carbocycles. The van der Waals surface area contributed by atoms with Crippen molar-refractivity contribution in [3.05, 3.63) is 48.0 Å². The number of amides is 1. The zero-order valence-electron chi connectivity index (χ0n) is 15.6. The Morgan fingerprint density at radius 1 is 1.07 bits per heavy atom. The predicted octanol–water partition coefficient (Wildman–Crippen LogP) is 5.10. The quantitative estimate of drug-likeness (QED) is 0.645. The van der Waals surface area contributed by atoms with Gasteiger partial charge in [-0.2, -0.15) is 0 Å². The number of thiazole rings is 1. The molecule has 0 saturated heterocycles. The Kier molecular flexibility index (Phi) is 5.13. The Balaban J connectivity index is 1.49. The number of aliphatic carboxylic acids is 1. The maximum atomic E-state index is 12.6. The van der Waals surface area contributed by atoms with Crippen molar-refractivity contribution >= 4 is 39.1 Å². The van der Waals surface area contributed by atoms with Crippen molar-refractivity contribution in [2.24, 2.45) is 11.8 Å². The SMILES string of the molecule is Cc1ccc2nc(-c3ccc(NC(=O)C4CCCCC4C(=O)O)cc3)sc2c1. The average molecular weight is 394 g/mol. The highest BCUT2D eigenvalue weighted by Gasteiger charge is 2.35. The lowest BCUT2D eigenvalue weighted by Gasteiger charge is -2.27. The van der Waals surface area contributed by atoms with Crippen LogP contribution in [0, 0.1) is 18.8 Å². The van der Waals surface area contributed by atoms with Crippen molar-refractivity contribution in [2.45, 2.75) is 32.6 Å². The summed E-state index contributed by atoms with van der Waals surface area (Å²) in [5.41, 5.74) is 3.88. The zero-order valence-corrected chi connectivity index (χ0v) is 16.5. The van der Waals surface area contributed by atoms with Crippen LogP contribution in [0.2, 0.25) is 0 Å². The third-order valence-corrected chi connectivity index (χ3v) is 6.43. The second-order valence-electron chi connectivity index (χ2n) is 7.39. The van der Waals surface area contributed by atoms with Crippen LogP contribution < -0.4 is 5.32 Å². The van der Waals surface area contributed by atoms with Crippen molar-refractivity contribution in [1.82, 2.24) is 4.98 Å². The molecule has 3 aromatic rings. The molecule has 2 atom stereocenters. The number of carbonyl (C=O) groups excluding carboxylic acids is 1. The third-order valence-electron chi connectivity index (χ3n) is 5.36. The van der Waals surface area contributed by atoms with Gasteiger partial charge >= 0.3 is 5.97 Å². The fourth-order valence-electron chi connectivity index (χ4n) is 3.83. The lowest BCUT2D eigenvalue weighted by molar-refractivity contribution is -0.147. The minimum Gasteiger partial charge on any atom is -0.481 e. The van der Waals surface area contributed by atoms with Crippen molar-refractivity contribution in [3.63, 3.8) is 0 Å². The molecule has 0 aliphatic heterocycles. The number of aryl methyl sites for hydroxylation is 1. The first-order valence-electron chi connectivity index (χ1n) is 9.52. The van der Waals surface area contributed by atoms with Crippen LogP contribution in [-0.4, -0.2) is 22.0 Å². The van der Waals surface area contributed by atoms with Crippen LogP contribution in [0.3, 0.4) is 0 Å². The molecule has 0 spiro atoms. The van der Waals surface area contributed by atoms with Crippen molar-refractivity contribution < 1.29 is 14.7 Å². The molecule has 1 saturated carbocycles. The fourth-order valence-corrected chi connectivity index (χ4v) is 4.90. The molecule has 28 heavy (non-hydrogen) atoms. The summed E-state index contributed by atoms with van der Waals surface area (Å²) >= 11 is 1.65. The largest absolute Gasteiger partial charge is 0.481 e. The summed E-state index contributed by atoms with van der Waals surface area (Å²) in [6.45, 7) is 2.07. The van der Waals surface area contributed by atoms with E-state index in [0.717, 1.165) is 33.6 Å². The molecule has 2 aromatic carbocycles. The first-order valence-corrected chi connectivity index (χ1v) is 10.3. The first kappa shape index (κ1) is 18.6. The van der Waals surface area contributed by atoms with Gasteiger partial charge in [-0.15, -0.1) is 11.3 Å². The van der Waals surface area contributed by atoms with Gasteiger partial charge in [0.15, 0.2) is 0 Å². The summed E-state index contributed by atoms with van der Waals surface area (Å²) < 4.78 is 1.16. The van der Waals surface area contributed by atoms with E-state index in [2.05, 4.69) is 29.4 Å². The van der Waals surface area contributed by atoms with Gasteiger partial charge in [-0.05, 0) is 61.7 Å². The Morgan fingerprint density at radius 2 is 1.79 bits per heavy atom. The molecule has 1 fully saturated rings. The third kappa shape index (κ3) is 3.78. The molecule has 5 nitrogen and oxygen atoms in total. The van der Waals surface area contributed by atoms with Crippen LogP contribution in [0.15, 0.2) is 42.5 Å². The maximum absolute atomic E-state index is 12.6. The average Bonchev–Trinajstić information content (AvgIpc) is 3.11. The summed E-state index contributed by atoms with van der Waals surface area (Å²) in [7, 11) is 0. The van der Waals surface area contributed by atoms with Gasteiger partial charge in [-0.25, -0.2) is 4.98 Å². The van der Waals surface area contributed by atoms with E-state index in [1.807, 2.05) is 30.3 Å². The van der Waals surface area contributed by atoms with Crippen LogP contribution in [0.1, 0.15) is 31.2 Å². The number of aromatic nitrogens is 1. The Hall–Kier alpha value is -2.73. The van der Waals surface area contributed by atoms with E-state index in [1.54, 1.807) is 11.3 Å². The van der Waals surface area contributed by atoms with Crippen LogP contribution in [-0.2, 0) is 9.59 Å². The molecular weight excluding hydrogens is 372 g/mol. The molecule has 1 amide bonds. The van der Waals surface area contributed by atoms with E-state index >= 15 is 0 Å². The summed E-state index contributed by atoms with van der Waals surface area (Å²) in [5, 5.41) is 13.2. The van der Waals surface area contributed by atoms with Gasteiger partial charge in [0, 0.05) is 11.3 Å².